The van der Waals surface area contributed by atoms with Gasteiger partial charge in [0.05, 0.1) is 5.69 Å². The van der Waals surface area contributed by atoms with Crippen LogP contribution in [0, 0.1) is 11.2 Å². The summed E-state index contributed by atoms with van der Waals surface area (Å²) in [6, 6.07) is 14.6. The average Bonchev–Trinajstić information content (AvgIpc) is 2.91. The maximum atomic E-state index is 15.2. The first-order valence-corrected chi connectivity index (χ1v) is 13.8. The van der Waals surface area contributed by atoms with Crippen LogP contribution in [-0.2, 0) is 9.59 Å². The highest BCUT2D eigenvalue weighted by molar-refractivity contribution is 5.95. The van der Waals surface area contributed by atoms with Crippen LogP contribution in [0.2, 0.25) is 0 Å². The minimum Gasteiger partial charge on any atom is -0.367 e. The molecule has 1 N–H and O–H groups in total. The molecule has 1 unspecified atom stereocenters. The number of halogens is 1. The Morgan fingerprint density at radius 1 is 0.973 bits per heavy atom. The monoisotopic (exact) mass is 508 g/mol. The molecule has 2 aliphatic rings. The van der Waals surface area contributed by atoms with E-state index in [2.05, 4.69) is 10.2 Å². The Bertz CT molecular complexity index is 1060. The Kier molecular flexibility index (Phi) is 8.85. The number of likely N-dealkylation sites (N-methyl/N-ethyl adjacent to an activating group) is 1. The van der Waals surface area contributed by atoms with Crippen LogP contribution in [0.1, 0.15) is 64.5 Å². The quantitative estimate of drug-likeness (QED) is 0.514. The van der Waals surface area contributed by atoms with E-state index in [4.69, 9.17) is 0 Å². The molecule has 2 aromatic carbocycles. The predicted molar refractivity (Wildman–Crippen MR) is 147 cm³/mol. The van der Waals surface area contributed by atoms with Gasteiger partial charge in [0.1, 0.15) is 11.9 Å². The molecule has 2 aromatic rings. The summed E-state index contributed by atoms with van der Waals surface area (Å²) in [6.45, 7) is 9.92. The molecule has 7 heteroatoms. The number of piperazine rings is 1. The Morgan fingerprint density at radius 3 is 2.22 bits per heavy atom. The van der Waals surface area contributed by atoms with Crippen molar-refractivity contribution in [1.29, 1.82) is 0 Å². The molecule has 1 heterocycles. The molecule has 2 amide bonds. The fraction of sp³-hybridized carbons (Fsp3) is 0.533. The van der Waals surface area contributed by atoms with Crippen LogP contribution in [0.4, 0.5) is 15.8 Å². The second-order valence-corrected chi connectivity index (χ2v) is 10.6. The topological polar surface area (TPSA) is 55.9 Å². The molecule has 0 spiro atoms. The minimum absolute atomic E-state index is 0.0159. The molecule has 1 atom stereocenters. The van der Waals surface area contributed by atoms with E-state index in [1.165, 1.54) is 12.5 Å². The van der Waals surface area contributed by atoms with Crippen molar-refractivity contribution in [3.8, 4) is 0 Å². The Labute approximate surface area is 220 Å². The molecule has 200 valence electrons. The highest BCUT2D eigenvalue weighted by atomic mass is 19.1. The van der Waals surface area contributed by atoms with Crippen LogP contribution in [0.5, 0.6) is 0 Å². The largest absolute Gasteiger partial charge is 0.367 e. The molecule has 0 aromatic heterocycles. The molecule has 37 heavy (non-hydrogen) atoms. The second kappa shape index (κ2) is 12.1. The molecule has 1 aliphatic carbocycles. The van der Waals surface area contributed by atoms with Gasteiger partial charge in [0.25, 0.3) is 0 Å². The third-order valence-corrected chi connectivity index (χ3v) is 8.16. The summed E-state index contributed by atoms with van der Waals surface area (Å²) in [5, 5.41) is 2.95. The summed E-state index contributed by atoms with van der Waals surface area (Å²) < 4.78 is 15.2. The first kappa shape index (κ1) is 27.1. The van der Waals surface area contributed by atoms with Gasteiger partial charge in [-0.25, -0.2) is 4.39 Å². The Morgan fingerprint density at radius 2 is 1.62 bits per heavy atom. The lowest BCUT2D eigenvalue weighted by atomic mass is 9.75. The predicted octanol–water partition coefficient (Wildman–Crippen LogP) is 5.47. The van der Waals surface area contributed by atoms with Crippen molar-refractivity contribution >= 4 is 23.2 Å². The summed E-state index contributed by atoms with van der Waals surface area (Å²) in [7, 11) is 0. The highest BCUT2D eigenvalue weighted by Gasteiger charge is 2.35. The zero-order valence-corrected chi connectivity index (χ0v) is 22.5. The molecule has 0 radical (unpaired) electrons. The Balaban J connectivity index is 1.43. The smallest absolute Gasteiger partial charge is 0.244 e. The van der Waals surface area contributed by atoms with E-state index >= 15 is 4.39 Å². The number of hydrogen-bond acceptors (Lipinski definition) is 4. The number of carbonyl (C=O) groups excluding carboxylic acids is 2. The van der Waals surface area contributed by atoms with Gasteiger partial charge in [0, 0.05) is 50.4 Å². The number of anilines is 2. The van der Waals surface area contributed by atoms with Crippen LogP contribution < -0.4 is 10.2 Å². The van der Waals surface area contributed by atoms with Crippen molar-refractivity contribution < 1.29 is 14.0 Å². The number of hydrogen-bond donors (Lipinski definition) is 1. The van der Waals surface area contributed by atoms with Gasteiger partial charge in [-0.1, -0.05) is 56.5 Å². The van der Waals surface area contributed by atoms with Gasteiger partial charge in [0.2, 0.25) is 11.8 Å². The summed E-state index contributed by atoms with van der Waals surface area (Å²) in [4.78, 5) is 32.4. The number of rotatable bonds is 8. The lowest BCUT2D eigenvalue weighted by Gasteiger charge is -2.41. The fourth-order valence-electron chi connectivity index (χ4n) is 5.76. The van der Waals surface area contributed by atoms with Crippen molar-refractivity contribution in [1.82, 2.24) is 9.80 Å². The molecule has 2 fully saturated rings. The van der Waals surface area contributed by atoms with Crippen molar-refractivity contribution in [3.05, 3.63) is 59.9 Å². The van der Waals surface area contributed by atoms with Crippen LogP contribution in [0.15, 0.2) is 48.5 Å². The highest BCUT2D eigenvalue weighted by Crippen LogP contribution is 2.37. The molecular weight excluding hydrogens is 467 g/mol. The van der Waals surface area contributed by atoms with Crippen LogP contribution in [-0.4, -0.2) is 60.9 Å². The van der Waals surface area contributed by atoms with E-state index in [1.54, 1.807) is 12.1 Å². The summed E-state index contributed by atoms with van der Waals surface area (Å²) in [6.07, 6.45) is 5.06. The molecule has 1 saturated carbocycles. The molecule has 1 saturated heterocycles. The molecule has 6 nitrogen and oxygen atoms in total. The second-order valence-electron chi connectivity index (χ2n) is 10.6. The average molecular weight is 509 g/mol. The standard InChI is InChI=1S/C30H41FN4O2/c1-4-33(5-2)28(36)27(23-12-8-6-9-13-23)35-20-18-34(19-21-35)26-15-14-24(22-25(26)31)32-29(37)30(3)16-10-7-11-17-30/h6,8-9,12-15,22,27H,4-5,7,10-11,16-21H2,1-3H3,(H,32,37). The van der Waals surface area contributed by atoms with Crippen LogP contribution >= 0.6 is 0 Å². The number of nitrogens with one attached hydrogen (secondary N) is 1. The van der Waals surface area contributed by atoms with Gasteiger partial charge in [-0.2, -0.15) is 0 Å². The molecule has 4 rings (SSSR count). The number of nitrogens with zero attached hydrogens (tertiary/aromatic N) is 3. The first-order valence-electron chi connectivity index (χ1n) is 13.8. The van der Waals surface area contributed by atoms with E-state index in [1.807, 2.05) is 60.9 Å². The lowest BCUT2D eigenvalue weighted by molar-refractivity contribution is -0.137. The van der Waals surface area contributed by atoms with Crippen molar-refractivity contribution in [3.63, 3.8) is 0 Å². The maximum absolute atomic E-state index is 15.2. The maximum Gasteiger partial charge on any atom is 0.244 e. The van der Waals surface area contributed by atoms with Gasteiger partial charge in [-0.05, 0) is 50.5 Å². The van der Waals surface area contributed by atoms with Gasteiger partial charge in [-0.15, -0.1) is 0 Å². The summed E-state index contributed by atoms with van der Waals surface area (Å²) >= 11 is 0. The van der Waals surface area contributed by atoms with Crippen LogP contribution in [0.25, 0.3) is 0 Å². The van der Waals surface area contributed by atoms with Crippen molar-refractivity contribution in [2.45, 2.75) is 58.9 Å². The molecule has 1 aliphatic heterocycles. The number of carbonyl (C=O) groups is 2. The van der Waals surface area contributed by atoms with E-state index in [-0.39, 0.29) is 29.1 Å². The third-order valence-electron chi connectivity index (χ3n) is 8.16. The zero-order valence-electron chi connectivity index (χ0n) is 22.5. The van der Waals surface area contributed by atoms with E-state index in [0.717, 1.165) is 31.2 Å². The number of amides is 2. The van der Waals surface area contributed by atoms with Crippen molar-refractivity contribution in [2.24, 2.45) is 5.41 Å². The molecular formula is C30H41FN4O2. The van der Waals surface area contributed by atoms with Gasteiger partial charge < -0.3 is 15.1 Å². The number of benzene rings is 2. The fourth-order valence-corrected chi connectivity index (χ4v) is 5.76. The third kappa shape index (κ3) is 6.15. The normalized spacial score (nSPS) is 18.8. The lowest BCUT2D eigenvalue weighted by Crippen LogP contribution is -2.52. The summed E-state index contributed by atoms with van der Waals surface area (Å²) in [5.41, 5.74) is 1.66. The zero-order chi connectivity index (χ0) is 26.4. The van der Waals surface area contributed by atoms with E-state index < -0.39 is 0 Å². The van der Waals surface area contributed by atoms with Crippen molar-refractivity contribution in [2.75, 3.05) is 49.5 Å². The van der Waals surface area contributed by atoms with E-state index in [9.17, 15) is 9.59 Å². The van der Waals surface area contributed by atoms with Gasteiger partial charge >= 0.3 is 0 Å². The van der Waals surface area contributed by atoms with Gasteiger partial charge in [0.15, 0.2) is 0 Å². The van der Waals surface area contributed by atoms with Crippen LogP contribution in [0.3, 0.4) is 0 Å². The Hall–Kier alpha value is -2.93. The minimum atomic E-state index is -0.373. The first-order chi connectivity index (χ1) is 17.9. The summed E-state index contributed by atoms with van der Waals surface area (Å²) in [5.74, 6) is -0.237. The van der Waals surface area contributed by atoms with Gasteiger partial charge in [-0.3, -0.25) is 14.5 Å². The molecule has 0 bridgehead atoms. The van der Waals surface area contributed by atoms with E-state index in [0.29, 0.717) is 50.6 Å². The SMILES string of the molecule is CCN(CC)C(=O)C(c1ccccc1)N1CCN(c2ccc(NC(=O)C3(C)CCCCC3)cc2F)CC1.